The van der Waals surface area contributed by atoms with Gasteiger partial charge in [0.25, 0.3) is 5.91 Å². The first-order valence-corrected chi connectivity index (χ1v) is 3.99. The Balaban J connectivity index is 2.67. The molecule has 0 aliphatic rings. The highest BCUT2D eigenvalue weighted by atomic mass is 32.1. The fourth-order valence-electron chi connectivity index (χ4n) is 0.631. The molecule has 6 heteroatoms. The van der Waals surface area contributed by atoms with Gasteiger partial charge in [0.1, 0.15) is 6.54 Å². The molecule has 0 spiro atoms. The molecule has 62 valence electrons. The van der Waals surface area contributed by atoms with E-state index in [0.29, 0.717) is 0 Å². The van der Waals surface area contributed by atoms with E-state index in [1.54, 1.807) is 12.4 Å². The van der Waals surface area contributed by atoms with Gasteiger partial charge in [-0.3, -0.25) is 4.79 Å². The third-order valence-electron chi connectivity index (χ3n) is 1.23. The second-order valence-corrected chi connectivity index (χ2v) is 2.72. The lowest BCUT2D eigenvalue weighted by molar-refractivity contribution is 0.0806. The van der Waals surface area contributed by atoms with Crippen LogP contribution in [0.1, 0.15) is 10.5 Å². The predicted molar refractivity (Wildman–Crippen MR) is 42.5 cm³/mol. The van der Waals surface area contributed by atoms with Gasteiger partial charge in [0.2, 0.25) is 0 Å². The number of carbonyl (C=O) groups excluding carboxylic acids is 1. The molecule has 1 rings (SSSR count). The molecule has 0 unspecified atom stereocenters. The van der Waals surface area contributed by atoms with Crippen LogP contribution in [0.15, 0.2) is 5.38 Å². The fraction of sp³-hybridized carbons (Fsp3) is 0.333. The highest BCUT2D eigenvalue weighted by molar-refractivity contribution is 7.03. The average Bonchev–Trinajstić information content (AvgIpc) is 2.55. The molecule has 0 saturated carbocycles. The Morgan fingerprint density at radius 3 is 3.17 bits per heavy atom. The lowest BCUT2D eigenvalue weighted by Crippen LogP contribution is -2.27. The molecule has 0 N–H and O–H groups in total. The standard InChI is InChI=1S/C6H6N4OS/c1-10(3-2-7)6(11)5-4-12-9-8-5/h4H,3H2,1H3. The quantitative estimate of drug-likeness (QED) is 0.610. The van der Waals surface area contributed by atoms with Gasteiger partial charge in [0, 0.05) is 12.4 Å². The van der Waals surface area contributed by atoms with Crippen LogP contribution in [-0.2, 0) is 0 Å². The number of nitriles is 1. The van der Waals surface area contributed by atoms with Gasteiger partial charge in [0.15, 0.2) is 5.69 Å². The van der Waals surface area contributed by atoms with Crippen molar-refractivity contribution < 1.29 is 4.79 Å². The summed E-state index contributed by atoms with van der Waals surface area (Å²) in [7, 11) is 1.55. The van der Waals surface area contributed by atoms with Crippen LogP contribution in [0.3, 0.4) is 0 Å². The highest BCUT2D eigenvalue weighted by Gasteiger charge is 2.13. The largest absolute Gasteiger partial charge is 0.327 e. The summed E-state index contributed by atoms with van der Waals surface area (Å²) in [6, 6.07) is 1.87. The van der Waals surface area contributed by atoms with Crippen molar-refractivity contribution in [2.75, 3.05) is 13.6 Å². The molecule has 0 radical (unpaired) electrons. The van der Waals surface area contributed by atoms with Gasteiger partial charge in [0.05, 0.1) is 6.07 Å². The highest BCUT2D eigenvalue weighted by Crippen LogP contribution is 2.00. The first-order valence-electron chi connectivity index (χ1n) is 3.15. The van der Waals surface area contributed by atoms with Crippen molar-refractivity contribution in [1.82, 2.24) is 14.5 Å². The first-order chi connectivity index (χ1) is 5.75. The third kappa shape index (κ3) is 1.77. The number of rotatable bonds is 2. The van der Waals surface area contributed by atoms with Crippen LogP contribution < -0.4 is 0 Å². The van der Waals surface area contributed by atoms with E-state index in [2.05, 4.69) is 9.59 Å². The molecule has 0 fully saturated rings. The van der Waals surface area contributed by atoms with E-state index in [4.69, 9.17) is 5.26 Å². The molecule has 0 atom stereocenters. The van der Waals surface area contributed by atoms with Crippen molar-refractivity contribution in [2.24, 2.45) is 0 Å². The lowest BCUT2D eigenvalue weighted by atomic mass is 10.4. The molecule has 0 saturated heterocycles. The second-order valence-electron chi connectivity index (χ2n) is 2.11. The van der Waals surface area contributed by atoms with Crippen molar-refractivity contribution in [3.8, 4) is 6.07 Å². The summed E-state index contributed by atoms with van der Waals surface area (Å²) in [6.07, 6.45) is 0. The number of carbonyl (C=O) groups is 1. The van der Waals surface area contributed by atoms with E-state index in [-0.39, 0.29) is 18.1 Å². The predicted octanol–water partition coefficient (Wildman–Crippen LogP) is 0.134. The maximum atomic E-state index is 11.3. The summed E-state index contributed by atoms with van der Waals surface area (Å²) in [6.45, 7) is 0.0658. The number of amides is 1. The number of hydrogen-bond donors (Lipinski definition) is 0. The smallest absolute Gasteiger partial charge is 0.275 e. The normalized spacial score (nSPS) is 9.00. The Morgan fingerprint density at radius 2 is 2.67 bits per heavy atom. The Bertz CT molecular complexity index is 302. The van der Waals surface area contributed by atoms with Crippen LogP contribution in [0.5, 0.6) is 0 Å². The van der Waals surface area contributed by atoms with E-state index >= 15 is 0 Å². The summed E-state index contributed by atoms with van der Waals surface area (Å²) in [4.78, 5) is 12.6. The SMILES string of the molecule is CN(CC#N)C(=O)c1csnn1. The summed E-state index contributed by atoms with van der Waals surface area (Å²) in [5.41, 5.74) is 0.290. The van der Waals surface area contributed by atoms with E-state index in [0.717, 1.165) is 11.5 Å². The fourth-order valence-corrected chi connectivity index (χ4v) is 1.06. The van der Waals surface area contributed by atoms with Crippen LogP contribution in [0.4, 0.5) is 0 Å². The zero-order chi connectivity index (χ0) is 8.97. The van der Waals surface area contributed by atoms with Gasteiger partial charge >= 0.3 is 0 Å². The Labute approximate surface area is 73.4 Å². The Hall–Kier alpha value is -1.48. The molecule has 1 amide bonds. The zero-order valence-corrected chi connectivity index (χ0v) is 7.21. The van der Waals surface area contributed by atoms with Crippen LogP contribution in [0.2, 0.25) is 0 Å². The van der Waals surface area contributed by atoms with E-state index < -0.39 is 0 Å². The van der Waals surface area contributed by atoms with Gasteiger partial charge < -0.3 is 4.90 Å². The topological polar surface area (TPSA) is 69.9 Å². The summed E-state index contributed by atoms with van der Waals surface area (Å²) in [5.74, 6) is -0.273. The summed E-state index contributed by atoms with van der Waals surface area (Å²) in [5, 5.41) is 13.4. The number of hydrogen-bond acceptors (Lipinski definition) is 5. The molecular formula is C6H6N4OS. The van der Waals surface area contributed by atoms with Crippen molar-refractivity contribution in [3.63, 3.8) is 0 Å². The Kier molecular flexibility index (Phi) is 2.71. The molecule has 12 heavy (non-hydrogen) atoms. The van der Waals surface area contributed by atoms with Crippen molar-refractivity contribution in [2.45, 2.75) is 0 Å². The minimum Gasteiger partial charge on any atom is -0.327 e. The van der Waals surface area contributed by atoms with E-state index in [1.807, 2.05) is 6.07 Å². The van der Waals surface area contributed by atoms with Crippen molar-refractivity contribution >= 4 is 17.4 Å². The minimum absolute atomic E-state index is 0.0658. The van der Waals surface area contributed by atoms with Gasteiger partial charge in [-0.15, -0.1) is 5.10 Å². The number of aromatic nitrogens is 2. The lowest BCUT2D eigenvalue weighted by Gasteiger charge is -2.09. The molecule has 0 aliphatic heterocycles. The van der Waals surface area contributed by atoms with Gasteiger partial charge in [-0.1, -0.05) is 4.49 Å². The molecular weight excluding hydrogens is 176 g/mol. The van der Waals surface area contributed by atoms with Crippen molar-refractivity contribution in [3.05, 3.63) is 11.1 Å². The summed E-state index contributed by atoms with van der Waals surface area (Å²) < 4.78 is 3.55. The van der Waals surface area contributed by atoms with Crippen LogP contribution in [-0.4, -0.2) is 34.0 Å². The Morgan fingerprint density at radius 1 is 1.92 bits per heavy atom. The van der Waals surface area contributed by atoms with Crippen LogP contribution in [0.25, 0.3) is 0 Å². The molecule has 1 heterocycles. The van der Waals surface area contributed by atoms with Crippen LogP contribution >= 0.6 is 11.5 Å². The average molecular weight is 182 g/mol. The molecule has 5 nitrogen and oxygen atoms in total. The van der Waals surface area contributed by atoms with E-state index in [9.17, 15) is 4.79 Å². The third-order valence-corrected chi connectivity index (χ3v) is 1.74. The minimum atomic E-state index is -0.273. The monoisotopic (exact) mass is 182 g/mol. The zero-order valence-electron chi connectivity index (χ0n) is 6.39. The van der Waals surface area contributed by atoms with Gasteiger partial charge in [-0.05, 0) is 11.5 Å². The summed E-state index contributed by atoms with van der Waals surface area (Å²) >= 11 is 1.11. The van der Waals surface area contributed by atoms with Crippen LogP contribution in [0, 0.1) is 11.3 Å². The second kappa shape index (κ2) is 3.78. The number of nitrogens with zero attached hydrogens (tertiary/aromatic N) is 4. The molecule has 0 bridgehead atoms. The van der Waals surface area contributed by atoms with Crippen molar-refractivity contribution in [1.29, 1.82) is 5.26 Å². The maximum Gasteiger partial charge on any atom is 0.275 e. The van der Waals surface area contributed by atoms with Gasteiger partial charge in [-0.25, -0.2) is 0 Å². The van der Waals surface area contributed by atoms with E-state index in [1.165, 1.54) is 4.90 Å². The van der Waals surface area contributed by atoms with Gasteiger partial charge in [-0.2, -0.15) is 5.26 Å². The first kappa shape index (κ1) is 8.62. The molecule has 1 aromatic rings. The molecule has 0 aromatic carbocycles. The molecule has 0 aliphatic carbocycles. The maximum absolute atomic E-state index is 11.3. The molecule has 1 aromatic heterocycles.